The third-order valence-electron chi connectivity index (χ3n) is 2.16. The van der Waals surface area contributed by atoms with Gasteiger partial charge in [-0.15, -0.1) is 0 Å². The molecule has 0 aliphatic rings. The molecule has 0 heterocycles. The van der Waals surface area contributed by atoms with Crippen molar-refractivity contribution >= 4 is 28.8 Å². The maximum atomic E-state index is 12.6. The Balaban J connectivity index is 3.12. The largest absolute Gasteiger partial charge is 0.416 e. The molecular weight excluding hydrogens is 281 g/mol. The van der Waals surface area contributed by atoms with Crippen molar-refractivity contribution in [3.8, 4) is 0 Å². The Labute approximate surface area is 112 Å². The quantitative estimate of drug-likeness (QED) is 0.832. The molecule has 3 N–H and O–H groups in total. The average molecular weight is 292 g/mol. The summed E-state index contributed by atoms with van der Waals surface area (Å²) in [6.07, 6.45) is -4.51. The molecule has 0 radical (unpaired) electrons. The molecule has 1 aromatic rings. The van der Waals surface area contributed by atoms with Gasteiger partial charge in [0.2, 0.25) is 5.91 Å². The molecule has 0 bridgehead atoms. The lowest BCUT2D eigenvalue weighted by Crippen LogP contribution is -2.21. The number of carbonyl (C=O) groups excluding carboxylic acids is 1. The summed E-state index contributed by atoms with van der Waals surface area (Å²) in [5.74, 6) is -0.514. The Morgan fingerprint density at radius 2 is 2.11 bits per heavy atom. The highest BCUT2D eigenvalue weighted by Gasteiger charge is 2.31. The second-order valence-corrected chi connectivity index (χ2v) is 4.04. The van der Waals surface area contributed by atoms with Crippen LogP contribution in [0.15, 0.2) is 18.2 Å². The molecule has 8 heteroatoms. The number of methoxy groups -OCH3 is 1. The first-order chi connectivity index (χ1) is 8.75. The summed E-state index contributed by atoms with van der Waals surface area (Å²) in [6.45, 7) is -0.224. The van der Waals surface area contributed by atoms with Crippen LogP contribution in [0.2, 0.25) is 0 Å². The normalized spacial score (nSPS) is 11.2. The monoisotopic (exact) mass is 292 g/mol. The number of hydrogen-bond donors (Lipinski definition) is 2. The molecule has 4 nitrogen and oxygen atoms in total. The van der Waals surface area contributed by atoms with Gasteiger partial charge in [-0.3, -0.25) is 4.79 Å². The molecule has 1 rings (SSSR count). The van der Waals surface area contributed by atoms with Gasteiger partial charge in [0.1, 0.15) is 11.6 Å². The summed E-state index contributed by atoms with van der Waals surface area (Å²) < 4.78 is 42.3. The number of halogens is 3. The highest BCUT2D eigenvalue weighted by Crippen LogP contribution is 2.31. The highest BCUT2D eigenvalue weighted by molar-refractivity contribution is 7.80. The number of carbonyl (C=O) groups is 1. The summed E-state index contributed by atoms with van der Waals surface area (Å²) in [7, 11) is 1.32. The van der Waals surface area contributed by atoms with E-state index < -0.39 is 17.6 Å². The van der Waals surface area contributed by atoms with Crippen LogP contribution in [0.1, 0.15) is 11.1 Å². The molecule has 1 aromatic carbocycles. The molecule has 0 unspecified atom stereocenters. The lowest BCUT2D eigenvalue weighted by molar-refractivity contribution is -0.137. The van der Waals surface area contributed by atoms with Crippen LogP contribution in [0.4, 0.5) is 18.9 Å². The van der Waals surface area contributed by atoms with E-state index in [9.17, 15) is 18.0 Å². The van der Waals surface area contributed by atoms with Crippen LogP contribution in [0.25, 0.3) is 0 Å². The molecule has 0 saturated heterocycles. The molecule has 0 aliphatic heterocycles. The number of ether oxygens (including phenoxy) is 1. The van der Waals surface area contributed by atoms with Gasteiger partial charge >= 0.3 is 6.18 Å². The molecule has 19 heavy (non-hydrogen) atoms. The van der Waals surface area contributed by atoms with E-state index >= 15 is 0 Å². The van der Waals surface area contributed by atoms with Gasteiger partial charge in [0.15, 0.2) is 0 Å². The van der Waals surface area contributed by atoms with Gasteiger partial charge in [0, 0.05) is 12.7 Å². The van der Waals surface area contributed by atoms with Gasteiger partial charge in [-0.25, -0.2) is 0 Å². The molecule has 104 valence electrons. The van der Waals surface area contributed by atoms with Gasteiger partial charge < -0.3 is 15.8 Å². The van der Waals surface area contributed by atoms with Crippen molar-refractivity contribution in [2.24, 2.45) is 5.73 Å². The maximum Gasteiger partial charge on any atom is 0.416 e. The number of anilines is 1. The van der Waals surface area contributed by atoms with Crippen molar-refractivity contribution in [2.45, 2.75) is 6.18 Å². The number of rotatable bonds is 4. The number of thiocarbonyl (C=S) groups is 1. The summed E-state index contributed by atoms with van der Waals surface area (Å²) in [4.78, 5) is 11.1. The fourth-order valence-electron chi connectivity index (χ4n) is 1.35. The zero-order valence-corrected chi connectivity index (χ0v) is 10.7. The second-order valence-electron chi connectivity index (χ2n) is 3.60. The van der Waals surface area contributed by atoms with Crippen LogP contribution < -0.4 is 11.1 Å². The molecule has 1 amide bonds. The van der Waals surface area contributed by atoms with E-state index in [0.717, 1.165) is 18.2 Å². The molecule has 0 spiro atoms. The van der Waals surface area contributed by atoms with Crippen molar-refractivity contribution in [3.05, 3.63) is 29.3 Å². The summed E-state index contributed by atoms with van der Waals surface area (Å²) in [6, 6.07) is 2.74. The number of nitrogens with two attached hydrogens (primary N) is 1. The Bertz CT molecular complexity index is 503. The first kappa shape index (κ1) is 15.4. The predicted octanol–water partition coefficient (Wildman–Crippen LogP) is 1.92. The molecule has 0 saturated carbocycles. The second kappa shape index (κ2) is 5.98. The first-order valence-electron chi connectivity index (χ1n) is 5.05. The van der Waals surface area contributed by atoms with Gasteiger partial charge in [-0.05, 0) is 18.2 Å². The molecule has 0 aromatic heterocycles. The van der Waals surface area contributed by atoms with Crippen molar-refractivity contribution in [1.29, 1.82) is 0 Å². The van der Waals surface area contributed by atoms with E-state index in [2.05, 4.69) is 22.3 Å². The van der Waals surface area contributed by atoms with E-state index in [1.54, 1.807) is 0 Å². The van der Waals surface area contributed by atoms with E-state index in [1.807, 2.05) is 0 Å². The smallest absolute Gasteiger partial charge is 0.389 e. The minimum atomic E-state index is -4.51. The molecule has 0 fully saturated rings. The topological polar surface area (TPSA) is 64.3 Å². The zero-order chi connectivity index (χ0) is 14.6. The third-order valence-corrected chi connectivity index (χ3v) is 2.38. The minimum Gasteiger partial charge on any atom is -0.389 e. The molecule has 0 atom stereocenters. The minimum absolute atomic E-state index is 0.0470. The zero-order valence-electron chi connectivity index (χ0n) is 9.88. The van der Waals surface area contributed by atoms with Crippen molar-refractivity contribution in [3.63, 3.8) is 0 Å². The maximum absolute atomic E-state index is 12.6. The van der Waals surface area contributed by atoms with Crippen LogP contribution in [0, 0.1) is 0 Å². The van der Waals surface area contributed by atoms with Crippen molar-refractivity contribution in [2.75, 3.05) is 19.0 Å². The van der Waals surface area contributed by atoms with E-state index in [0.29, 0.717) is 0 Å². The Hall–Kier alpha value is -1.67. The standard InChI is InChI=1S/C11H11F3N2O2S/c1-18-5-9(17)16-8-3-2-6(11(12,13)14)4-7(8)10(15)19/h2-4H,5H2,1H3,(H2,15,19)(H,16,17). The number of nitrogens with one attached hydrogen (secondary N) is 1. The third kappa shape index (κ3) is 4.18. The van der Waals surface area contributed by atoms with Gasteiger partial charge in [0.05, 0.1) is 11.3 Å². The number of benzene rings is 1. The van der Waals surface area contributed by atoms with Crippen molar-refractivity contribution < 1.29 is 22.7 Å². The summed E-state index contributed by atoms with van der Waals surface area (Å²) in [5, 5.41) is 2.37. The lowest BCUT2D eigenvalue weighted by atomic mass is 10.1. The highest BCUT2D eigenvalue weighted by atomic mass is 32.1. The fraction of sp³-hybridized carbons (Fsp3) is 0.273. The van der Waals surface area contributed by atoms with Crippen LogP contribution >= 0.6 is 12.2 Å². The lowest BCUT2D eigenvalue weighted by Gasteiger charge is -2.13. The van der Waals surface area contributed by atoms with Crippen LogP contribution in [-0.2, 0) is 15.7 Å². The fourth-order valence-corrected chi connectivity index (χ4v) is 1.52. The SMILES string of the molecule is COCC(=O)Nc1ccc(C(F)(F)F)cc1C(N)=S. The Morgan fingerprint density at radius 3 is 2.58 bits per heavy atom. The molecular formula is C11H11F3N2O2S. The number of hydrogen-bond acceptors (Lipinski definition) is 3. The molecule has 0 aliphatic carbocycles. The van der Waals surface area contributed by atoms with E-state index in [1.165, 1.54) is 7.11 Å². The van der Waals surface area contributed by atoms with E-state index in [-0.39, 0.29) is 22.8 Å². The van der Waals surface area contributed by atoms with Crippen LogP contribution in [0.3, 0.4) is 0 Å². The number of alkyl halides is 3. The van der Waals surface area contributed by atoms with Crippen LogP contribution in [-0.4, -0.2) is 24.6 Å². The first-order valence-corrected chi connectivity index (χ1v) is 5.46. The van der Waals surface area contributed by atoms with Crippen molar-refractivity contribution in [1.82, 2.24) is 0 Å². The predicted molar refractivity (Wildman–Crippen MR) is 67.8 cm³/mol. The van der Waals surface area contributed by atoms with Gasteiger partial charge in [-0.2, -0.15) is 13.2 Å². The Morgan fingerprint density at radius 1 is 1.47 bits per heavy atom. The summed E-state index contributed by atoms with van der Waals surface area (Å²) in [5.41, 5.74) is 4.54. The van der Waals surface area contributed by atoms with Crippen LogP contribution in [0.5, 0.6) is 0 Å². The van der Waals surface area contributed by atoms with E-state index in [4.69, 9.17) is 5.73 Å². The average Bonchev–Trinajstić information content (AvgIpc) is 2.27. The Kier molecular flexibility index (Phi) is 4.84. The number of amides is 1. The van der Waals surface area contributed by atoms with Gasteiger partial charge in [0.25, 0.3) is 0 Å². The van der Waals surface area contributed by atoms with Gasteiger partial charge in [-0.1, -0.05) is 12.2 Å². The summed E-state index contributed by atoms with van der Waals surface area (Å²) >= 11 is 4.68.